The summed E-state index contributed by atoms with van der Waals surface area (Å²) in [5.41, 5.74) is -0.631. The van der Waals surface area contributed by atoms with E-state index in [2.05, 4.69) is 26.6 Å². The molecule has 1 aromatic heterocycles. The molecule has 0 aliphatic carbocycles. The van der Waals surface area contributed by atoms with Crippen LogP contribution in [0.15, 0.2) is 6.07 Å². The molecule has 0 aromatic carbocycles. The van der Waals surface area contributed by atoms with E-state index in [1.807, 2.05) is 27.5 Å². The monoisotopic (exact) mass is 529 g/mol. The number of pyridine rings is 1. The smallest absolute Gasteiger partial charge is 0.332 e. The first-order valence-corrected chi connectivity index (χ1v) is 10.5. The van der Waals surface area contributed by atoms with E-state index in [9.17, 15) is 23.3 Å². The molecule has 0 amide bonds. The van der Waals surface area contributed by atoms with E-state index >= 15 is 0 Å². The molecule has 12 heteroatoms. The van der Waals surface area contributed by atoms with E-state index in [-0.39, 0.29) is 0 Å². The van der Waals surface area contributed by atoms with Crippen molar-refractivity contribution < 1.29 is 22.8 Å². The second kappa shape index (κ2) is 9.60. The number of alkyl halides is 3. The molecule has 0 radical (unpaired) electrons. The summed E-state index contributed by atoms with van der Waals surface area (Å²) >= 11 is 1.91. The summed E-state index contributed by atoms with van der Waals surface area (Å²) in [5, 5.41) is 11.2. The highest BCUT2D eigenvalue weighted by atomic mass is 127. The third-order valence-electron chi connectivity index (χ3n) is 5.34. The molecule has 0 spiro atoms. The highest BCUT2D eigenvalue weighted by Crippen LogP contribution is 2.35. The fourth-order valence-corrected chi connectivity index (χ4v) is 4.44. The molecule has 1 atom stereocenters. The van der Waals surface area contributed by atoms with Crippen LogP contribution in [-0.4, -0.2) is 84.8 Å². The Kier molecular flexibility index (Phi) is 7.37. The number of likely N-dealkylation sites (N-methyl/N-ethyl adjacent to an activating group) is 1. The van der Waals surface area contributed by atoms with Gasteiger partial charge >= 0.3 is 12.1 Å². The number of rotatable bonds is 6. The number of aromatic nitrogens is 1. The normalized spacial score (nSPS) is 20.8. The van der Waals surface area contributed by atoms with E-state index in [0.29, 0.717) is 28.5 Å². The Hall–Kier alpha value is -1.41. The van der Waals surface area contributed by atoms with Crippen LogP contribution in [0.1, 0.15) is 12.8 Å². The standard InChI is InChI=1S/C17H23F3IN5O3/c1-23-6-8-24(9-7-23)11-2-4-25(5-3-11)16-12(21)10-13(26(27)28)17(22-16)29-15(20)14(18)19/h10-11,14-15H,2-9H2,1H3. The van der Waals surface area contributed by atoms with Crippen LogP contribution in [0.5, 0.6) is 5.88 Å². The minimum absolute atomic E-state index is 0.393. The van der Waals surface area contributed by atoms with E-state index < -0.39 is 29.3 Å². The van der Waals surface area contributed by atoms with Crippen LogP contribution >= 0.6 is 22.6 Å². The van der Waals surface area contributed by atoms with E-state index in [1.54, 1.807) is 0 Å². The number of halogens is 4. The first kappa shape index (κ1) is 22.3. The zero-order valence-corrected chi connectivity index (χ0v) is 18.1. The van der Waals surface area contributed by atoms with Gasteiger partial charge < -0.3 is 14.5 Å². The summed E-state index contributed by atoms with van der Waals surface area (Å²) in [6, 6.07) is 1.64. The minimum Gasteiger partial charge on any atom is -0.432 e. The van der Waals surface area contributed by atoms with Crippen molar-refractivity contribution in [1.29, 1.82) is 0 Å². The number of nitrogens with zero attached hydrogens (tertiary/aromatic N) is 5. The zero-order chi connectivity index (χ0) is 21.1. The summed E-state index contributed by atoms with van der Waals surface area (Å²) in [4.78, 5) is 21.2. The van der Waals surface area contributed by atoms with E-state index in [0.717, 1.165) is 39.0 Å². The van der Waals surface area contributed by atoms with Gasteiger partial charge in [-0.3, -0.25) is 15.0 Å². The number of hydrogen-bond acceptors (Lipinski definition) is 7. The SMILES string of the molecule is CN1CCN(C2CCN(c3nc(OC(F)C(F)F)c([N+](=O)[O-])cc3I)CC2)CC1. The van der Waals surface area contributed by atoms with Gasteiger partial charge in [-0.25, -0.2) is 8.78 Å². The highest BCUT2D eigenvalue weighted by molar-refractivity contribution is 14.1. The Morgan fingerprint density at radius 2 is 1.83 bits per heavy atom. The fourth-order valence-electron chi connectivity index (χ4n) is 3.68. The van der Waals surface area contributed by atoms with Crippen molar-refractivity contribution in [2.24, 2.45) is 0 Å². The van der Waals surface area contributed by atoms with Crippen LogP contribution < -0.4 is 9.64 Å². The van der Waals surface area contributed by atoms with Crippen LogP contribution in [-0.2, 0) is 0 Å². The maximum absolute atomic E-state index is 13.4. The quantitative estimate of drug-likeness (QED) is 0.319. The first-order chi connectivity index (χ1) is 13.8. The summed E-state index contributed by atoms with van der Waals surface area (Å²) in [6.07, 6.45) is -4.59. The second-order valence-electron chi connectivity index (χ2n) is 7.24. The van der Waals surface area contributed by atoms with Gasteiger partial charge in [0.05, 0.1) is 8.49 Å². The third kappa shape index (κ3) is 5.40. The lowest BCUT2D eigenvalue weighted by Crippen LogP contribution is -2.52. The maximum atomic E-state index is 13.4. The molecule has 1 unspecified atom stereocenters. The van der Waals surface area contributed by atoms with Crippen molar-refractivity contribution >= 4 is 34.1 Å². The number of hydrogen-bond donors (Lipinski definition) is 0. The topological polar surface area (TPSA) is 75.0 Å². The van der Waals surface area contributed by atoms with Gasteiger partial charge in [-0.05, 0) is 42.5 Å². The lowest BCUT2D eigenvalue weighted by Gasteiger charge is -2.42. The Morgan fingerprint density at radius 1 is 1.21 bits per heavy atom. The van der Waals surface area contributed by atoms with Crippen molar-refractivity contribution in [2.45, 2.75) is 31.7 Å². The van der Waals surface area contributed by atoms with Crippen LogP contribution in [0.25, 0.3) is 0 Å². The molecule has 3 rings (SSSR count). The second-order valence-corrected chi connectivity index (χ2v) is 8.40. The minimum atomic E-state index is -3.42. The summed E-state index contributed by atoms with van der Waals surface area (Å²) < 4.78 is 43.3. The number of nitro groups is 1. The van der Waals surface area contributed by atoms with Crippen molar-refractivity contribution in [3.05, 3.63) is 19.8 Å². The summed E-state index contributed by atoms with van der Waals surface area (Å²) in [7, 11) is 2.11. The van der Waals surface area contributed by atoms with Gasteiger partial charge in [-0.2, -0.15) is 9.37 Å². The molecule has 2 saturated heterocycles. The Labute approximate surface area is 180 Å². The molecule has 29 heavy (non-hydrogen) atoms. The van der Waals surface area contributed by atoms with Gasteiger partial charge in [0.15, 0.2) is 0 Å². The van der Waals surface area contributed by atoms with Crippen LogP contribution in [0.3, 0.4) is 0 Å². The first-order valence-electron chi connectivity index (χ1n) is 9.37. The van der Waals surface area contributed by atoms with Gasteiger partial charge in [0, 0.05) is 51.4 Å². The van der Waals surface area contributed by atoms with Crippen molar-refractivity contribution in [3.63, 3.8) is 0 Å². The molecule has 0 saturated carbocycles. The highest BCUT2D eigenvalue weighted by Gasteiger charge is 2.31. The lowest BCUT2D eigenvalue weighted by atomic mass is 10.0. The van der Waals surface area contributed by atoms with Crippen LogP contribution in [0.4, 0.5) is 24.7 Å². The van der Waals surface area contributed by atoms with E-state index in [1.165, 1.54) is 6.07 Å². The predicted molar refractivity (Wildman–Crippen MR) is 109 cm³/mol. The Morgan fingerprint density at radius 3 is 2.38 bits per heavy atom. The van der Waals surface area contributed by atoms with Crippen molar-refractivity contribution in [2.75, 3.05) is 51.2 Å². The molecule has 1 aromatic rings. The Bertz CT molecular complexity index is 729. The number of ether oxygens (including phenoxy) is 1. The molecule has 3 heterocycles. The molecule has 0 bridgehead atoms. The molecule has 2 aliphatic rings. The Balaban J connectivity index is 1.72. The fraction of sp³-hybridized carbons (Fsp3) is 0.706. The molecule has 2 fully saturated rings. The molecule has 8 nitrogen and oxygen atoms in total. The van der Waals surface area contributed by atoms with Crippen LogP contribution in [0, 0.1) is 13.7 Å². The molecular weight excluding hydrogens is 506 g/mol. The average molecular weight is 529 g/mol. The lowest BCUT2D eigenvalue weighted by molar-refractivity contribution is -0.386. The average Bonchev–Trinajstić information content (AvgIpc) is 2.69. The molecular formula is C17H23F3IN5O3. The predicted octanol–water partition coefficient (Wildman–Crippen LogP) is 2.75. The molecule has 0 N–H and O–H groups in total. The zero-order valence-electron chi connectivity index (χ0n) is 15.9. The summed E-state index contributed by atoms with van der Waals surface area (Å²) in [6.45, 7) is 5.47. The van der Waals surface area contributed by atoms with Gasteiger partial charge in [-0.1, -0.05) is 0 Å². The number of piperazine rings is 1. The largest absolute Gasteiger partial charge is 0.432 e. The van der Waals surface area contributed by atoms with Crippen molar-refractivity contribution in [3.8, 4) is 5.88 Å². The molecule has 2 aliphatic heterocycles. The van der Waals surface area contributed by atoms with E-state index in [4.69, 9.17) is 0 Å². The van der Waals surface area contributed by atoms with Gasteiger partial charge in [-0.15, -0.1) is 0 Å². The number of piperidine rings is 1. The van der Waals surface area contributed by atoms with Gasteiger partial charge in [0.1, 0.15) is 5.82 Å². The maximum Gasteiger partial charge on any atom is 0.332 e. The third-order valence-corrected chi connectivity index (χ3v) is 6.13. The number of anilines is 1. The van der Waals surface area contributed by atoms with Gasteiger partial charge in [0.25, 0.3) is 12.2 Å². The van der Waals surface area contributed by atoms with Gasteiger partial charge in [0.2, 0.25) is 0 Å². The molecule has 162 valence electrons. The van der Waals surface area contributed by atoms with Crippen LogP contribution in [0.2, 0.25) is 0 Å². The van der Waals surface area contributed by atoms with Crippen molar-refractivity contribution in [1.82, 2.24) is 14.8 Å². The summed E-state index contributed by atoms with van der Waals surface area (Å²) in [5.74, 6) is -0.330.